The average molecular weight is 319 g/mol. The van der Waals surface area contributed by atoms with Gasteiger partial charge in [0, 0.05) is 12.1 Å². The summed E-state index contributed by atoms with van der Waals surface area (Å²) in [5.74, 6) is 0. The van der Waals surface area contributed by atoms with Crippen molar-refractivity contribution in [3.63, 3.8) is 0 Å². The molecular formula is C23H29N. The molecule has 1 aliphatic rings. The van der Waals surface area contributed by atoms with Crippen LogP contribution in [0.25, 0.3) is 5.57 Å². The number of hydrogen-bond donors (Lipinski definition) is 0. The van der Waals surface area contributed by atoms with Crippen LogP contribution < -0.4 is 0 Å². The van der Waals surface area contributed by atoms with Gasteiger partial charge in [0.05, 0.1) is 0 Å². The van der Waals surface area contributed by atoms with E-state index in [2.05, 4.69) is 79.2 Å². The Morgan fingerprint density at radius 3 is 2.29 bits per heavy atom. The van der Waals surface area contributed by atoms with Crippen LogP contribution in [0, 0.1) is 0 Å². The van der Waals surface area contributed by atoms with Gasteiger partial charge in [-0.25, -0.2) is 0 Å². The molecule has 1 heteroatoms. The first-order valence-corrected chi connectivity index (χ1v) is 9.23. The zero-order valence-electron chi connectivity index (χ0n) is 14.8. The molecule has 1 aliphatic heterocycles. The fourth-order valence-electron chi connectivity index (χ4n) is 3.94. The van der Waals surface area contributed by atoms with E-state index in [0.29, 0.717) is 12.1 Å². The second-order valence-electron chi connectivity index (χ2n) is 7.10. The number of rotatable bonds is 6. The van der Waals surface area contributed by atoms with Crippen molar-refractivity contribution in [2.75, 3.05) is 7.05 Å². The zero-order valence-corrected chi connectivity index (χ0v) is 14.8. The van der Waals surface area contributed by atoms with Crippen molar-refractivity contribution in [2.45, 2.75) is 50.6 Å². The topological polar surface area (TPSA) is 3.24 Å². The van der Waals surface area contributed by atoms with Crippen molar-refractivity contribution < 1.29 is 0 Å². The molecule has 3 rings (SSSR count). The Morgan fingerprint density at radius 1 is 0.958 bits per heavy atom. The number of benzene rings is 2. The molecule has 1 saturated heterocycles. The molecule has 2 atom stereocenters. The largest absolute Gasteiger partial charge is 0.300 e. The molecule has 2 aromatic carbocycles. The van der Waals surface area contributed by atoms with Crippen LogP contribution in [-0.2, 0) is 6.42 Å². The zero-order chi connectivity index (χ0) is 16.8. The van der Waals surface area contributed by atoms with E-state index in [0.717, 1.165) is 6.42 Å². The van der Waals surface area contributed by atoms with Crippen LogP contribution in [0.3, 0.4) is 0 Å². The SMILES string of the molecule is C=C(CC1CCCC(CCc2ccccc2)N1C)c1ccccc1. The van der Waals surface area contributed by atoms with E-state index >= 15 is 0 Å². The van der Waals surface area contributed by atoms with Gasteiger partial charge in [-0.15, -0.1) is 0 Å². The van der Waals surface area contributed by atoms with Gasteiger partial charge in [-0.2, -0.15) is 0 Å². The smallest absolute Gasteiger partial charge is 0.0136 e. The first-order chi connectivity index (χ1) is 11.7. The lowest BCUT2D eigenvalue weighted by Crippen LogP contribution is -2.44. The minimum atomic E-state index is 0.632. The number of hydrogen-bond acceptors (Lipinski definition) is 1. The highest BCUT2D eigenvalue weighted by Gasteiger charge is 2.27. The summed E-state index contributed by atoms with van der Waals surface area (Å²) >= 11 is 0. The van der Waals surface area contributed by atoms with E-state index in [-0.39, 0.29) is 0 Å². The van der Waals surface area contributed by atoms with E-state index in [9.17, 15) is 0 Å². The summed E-state index contributed by atoms with van der Waals surface area (Å²) in [6.45, 7) is 4.35. The van der Waals surface area contributed by atoms with Gasteiger partial charge in [0.2, 0.25) is 0 Å². The van der Waals surface area contributed by atoms with Crippen molar-refractivity contribution >= 4 is 5.57 Å². The van der Waals surface area contributed by atoms with Gasteiger partial charge in [0.25, 0.3) is 0 Å². The van der Waals surface area contributed by atoms with Crippen LogP contribution in [0.2, 0.25) is 0 Å². The van der Waals surface area contributed by atoms with Gasteiger partial charge in [-0.3, -0.25) is 0 Å². The summed E-state index contributed by atoms with van der Waals surface area (Å²) in [4.78, 5) is 2.63. The van der Waals surface area contributed by atoms with Gasteiger partial charge in [-0.1, -0.05) is 73.7 Å². The van der Waals surface area contributed by atoms with Crippen LogP contribution in [-0.4, -0.2) is 24.0 Å². The lowest BCUT2D eigenvalue weighted by atomic mass is 9.88. The Morgan fingerprint density at radius 2 is 1.58 bits per heavy atom. The second kappa shape index (κ2) is 8.30. The van der Waals surface area contributed by atoms with E-state index < -0.39 is 0 Å². The Hall–Kier alpha value is -1.86. The molecule has 126 valence electrons. The van der Waals surface area contributed by atoms with Crippen molar-refractivity contribution in [3.8, 4) is 0 Å². The summed E-state index contributed by atoms with van der Waals surface area (Å²) < 4.78 is 0. The normalized spacial score (nSPS) is 21.5. The van der Waals surface area contributed by atoms with Gasteiger partial charge < -0.3 is 4.90 Å². The van der Waals surface area contributed by atoms with E-state index in [1.54, 1.807) is 0 Å². The number of likely N-dealkylation sites (tertiary alicyclic amines) is 1. The molecule has 1 heterocycles. The minimum Gasteiger partial charge on any atom is -0.300 e. The minimum absolute atomic E-state index is 0.632. The van der Waals surface area contributed by atoms with Crippen molar-refractivity contribution in [3.05, 3.63) is 78.4 Å². The quantitative estimate of drug-likeness (QED) is 0.672. The molecule has 24 heavy (non-hydrogen) atoms. The van der Waals surface area contributed by atoms with Gasteiger partial charge >= 0.3 is 0 Å². The molecule has 0 aromatic heterocycles. The maximum absolute atomic E-state index is 4.35. The van der Waals surface area contributed by atoms with E-state index in [4.69, 9.17) is 0 Å². The highest BCUT2D eigenvalue weighted by atomic mass is 15.2. The first-order valence-electron chi connectivity index (χ1n) is 9.23. The lowest BCUT2D eigenvalue weighted by molar-refractivity contribution is 0.111. The van der Waals surface area contributed by atoms with Crippen molar-refractivity contribution in [1.29, 1.82) is 0 Å². The predicted octanol–water partition coefficient (Wildman–Crippen LogP) is 5.58. The number of nitrogens with zero attached hydrogens (tertiary/aromatic N) is 1. The van der Waals surface area contributed by atoms with Crippen LogP contribution >= 0.6 is 0 Å². The molecule has 0 radical (unpaired) electrons. The summed E-state index contributed by atoms with van der Waals surface area (Å²) in [6, 6.07) is 22.9. The highest BCUT2D eigenvalue weighted by Crippen LogP contribution is 2.30. The molecule has 1 fully saturated rings. The number of piperidine rings is 1. The number of aryl methyl sites for hydroxylation is 1. The molecule has 0 saturated carbocycles. The average Bonchev–Trinajstić information content (AvgIpc) is 2.64. The Labute approximate surface area is 147 Å². The van der Waals surface area contributed by atoms with Crippen molar-refractivity contribution in [1.82, 2.24) is 4.90 Å². The molecule has 0 bridgehead atoms. The monoisotopic (exact) mass is 319 g/mol. The molecule has 2 unspecified atom stereocenters. The maximum atomic E-state index is 4.35. The van der Waals surface area contributed by atoms with Gasteiger partial charge in [0.15, 0.2) is 0 Å². The molecule has 1 nitrogen and oxygen atoms in total. The molecule has 0 spiro atoms. The summed E-state index contributed by atoms with van der Waals surface area (Å²) in [7, 11) is 2.32. The van der Waals surface area contributed by atoms with Crippen LogP contribution in [0.4, 0.5) is 0 Å². The first kappa shape index (κ1) is 17.0. The Balaban J connectivity index is 1.56. The molecule has 0 aliphatic carbocycles. The molecule has 2 aromatic rings. The van der Waals surface area contributed by atoms with Crippen LogP contribution in [0.5, 0.6) is 0 Å². The van der Waals surface area contributed by atoms with E-state index in [1.807, 2.05) is 0 Å². The summed E-state index contributed by atoms with van der Waals surface area (Å²) in [5.41, 5.74) is 4.02. The standard InChI is InChI=1S/C23H29N/c1-19(21-12-7-4-8-13-21)18-23-15-9-14-22(24(23)2)17-16-20-10-5-3-6-11-20/h3-8,10-13,22-23H,1,9,14-18H2,2H3. The maximum Gasteiger partial charge on any atom is 0.0136 e. The predicted molar refractivity (Wildman–Crippen MR) is 104 cm³/mol. The fourth-order valence-corrected chi connectivity index (χ4v) is 3.94. The summed E-state index contributed by atoms with van der Waals surface area (Å²) in [6.07, 6.45) is 7.50. The second-order valence-corrected chi connectivity index (χ2v) is 7.10. The van der Waals surface area contributed by atoms with Crippen molar-refractivity contribution in [2.24, 2.45) is 0 Å². The van der Waals surface area contributed by atoms with Gasteiger partial charge in [-0.05, 0) is 55.9 Å². The third-order valence-corrected chi connectivity index (χ3v) is 5.50. The molecule has 0 N–H and O–H groups in total. The highest BCUT2D eigenvalue weighted by molar-refractivity contribution is 5.63. The van der Waals surface area contributed by atoms with Gasteiger partial charge in [0.1, 0.15) is 0 Å². The third kappa shape index (κ3) is 4.36. The van der Waals surface area contributed by atoms with Crippen LogP contribution in [0.15, 0.2) is 67.2 Å². The molecule has 0 amide bonds. The lowest BCUT2D eigenvalue weighted by Gasteiger charge is -2.40. The Kier molecular flexibility index (Phi) is 5.87. The van der Waals surface area contributed by atoms with Crippen LogP contribution in [0.1, 0.15) is 43.2 Å². The Bertz CT molecular complexity index is 632. The fraction of sp³-hybridized carbons (Fsp3) is 0.391. The van der Waals surface area contributed by atoms with E-state index in [1.165, 1.54) is 48.8 Å². The summed E-state index contributed by atoms with van der Waals surface area (Å²) in [5, 5.41) is 0. The third-order valence-electron chi connectivity index (χ3n) is 5.50. The molecular weight excluding hydrogens is 290 g/mol.